The molecule has 7 heteroatoms. The highest BCUT2D eigenvalue weighted by Gasteiger charge is 2.43. The van der Waals surface area contributed by atoms with Crippen LogP contribution in [0.3, 0.4) is 0 Å². The first-order valence-corrected chi connectivity index (χ1v) is 6.34. The van der Waals surface area contributed by atoms with Crippen molar-refractivity contribution >= 4 is 17.1 Å². The molecule has 3 nitrogen and oxygen atoms in total. The molecule has 1 aromatic rings. The van der Waals surface area contributed by atoms with Crippen LogP contribution in [-0.2, 0) is 10.9 Å². The van der Waals surface area contributed by atoms with Crippen molar-refractivity contribution in [3.8, 4) is 0 Å². The van der Waals surface area contributed by atoms with Crippen molar-refractivity contribution in [1.82, 2.24) is 4.98 Å². The van der Waals surface area contributed by atoms with E-state index >= 15 is 0 Å². The van der Waals surface area contributed by atoms with Gasteiger partial charge in [0.15, 0.2) is 5.01 Å². The Balaban J connectivity index is 2.26. The van der Waals surface area contributed by atoms with E-state index in [1.165, 1.54) is 7.11 Å². The molecular weight excluding hydrogens is 267 g/mol. The third-order valence-corrected chi connectivity index (χ3v) is 4.23. The Bertz CT molecular complexity index is 449. The van der Waals surface area contributed by atoms with Gasteiger partial charge in [0.25, 0.3) is 0 Å². The molecule has 1 aliphatic carbocycles. The van der Waals surface area contributed by atoms with E-state index in [4.69, 9.17) is 4.74 Å². The van der Waals surface area contributed by atoms with Crippen molar-refractivity contribution in [2.24, 2.45) is 0 Å². The van der Waals surface area contributed by atoms with Gasteiger partial charge in [0.05, 0.1) is 4.88 Å². The van der Waals surface area contributed by atoms with E-state index in [1.807, 2.05) is 0 Å². The van der Waals surface area contributed by atoms with Crippen LogP contribution in [0.5, 0.6) is 0 Å². The summed E-state index contributed by atoms with van der Waals surface area (Å²) in [5.41, 5.74) is -0.949. The van der Waals surface area contributed by atoms with Gasteiger partial charge in [0, 0.05) is 13.3 Å². The molecule has 0 aromatic carbocycles. The molecule has 0 amide bonds. The van der Waals surface area contributed by atoms with E-state index in [0.29, 0.717) is 24.2 Å². The van der Waals surface area contributed by atoms with Crippen LogP contribution in [0.15, 0.2) is 6.20 Å². The number of ether oxygens (including phenoxy) is 1. The number of hydrogen-bond donors (Lipinski definition) is 0. The number of methoxy groups -OCH3 is 1. The zero-order valence-corrected chi connectivity index (χ0v) is 10.5. The Morgan fingerprint density at radius 3 is 2.50 bits per heavy atom. The largest absolute Gasteiger partial charge is 0.443 e. The molecule has 0 atom stereocenters. The Labute approximate surface area is 106 Å². The Hall–Kier alpha value is -0.950. The van der Waals surface area contributed by atoms with Crippen molar-refractivity contribution in [3.63, 3.8) is 0 Å². The highest BCUT2D eigenvalue weighted by molar-refractivity contribution is 7.13. The number of hydrogen-bond acceptors (Lipinski definition) is 4. The zero-order valence-electron chi connectivity index (χ0n) is 9.71. The molecule has 1 aliphatic rings. The number of halogens is 3. The summed E-state index contributed by atoms with van der Waals surface area (Å²) in [6.07, 6.45) is -0.688. The lowest BCUT2D eigenvalue weighted by Gasteiger charge is -2.24. The second-order valence-corrected chi connectivity index (χ2v) is 5.29. The number of aromatic nitrogens is 1. The zero-order chi connectivity index (χ0) is 13.4. The van der Waals surface area contributed by atoms with Gasteiger partial charge < -0.3 is 4.74 Å². The second-order valence-electron chi connectivity index (χ2n) is 4.26. The van der Waals surface area contributed by atoms with E-state index in [1.54, 1.807) is 0 Å². The van der Waals surface area contributed by atoms with Gasteiger partial charge >= 0.3 is 6.18 Å². The van der Waals surface area contributed by atoms with E-state index in [9.17, 15) is 18.0 Å². The molecule has 0 saturated heterocycles. The van der Waals surface area contributed by atoms with Gasteiger partial charge in [-0.2, -0.15) is 13.2 Å². The lowest BCUT2D eigenvalue weighted by Crippen LogP contribution is -2.37. The van der Waals surface area contributed by atoms with Crippen LogP contribution in [-0.4, -0.2) is 23.5 Å². The van der Waals surface area contributed by atoms with E-state index in [0.717, 1.165) is 19.0 Å². The fourth-order valence-electron chi connectivity index (χ4n) is 2.20. The fourth-order valence-corrected chi connectivity index (χ4v) is 3.02. The van der Waals surface area contributed by atoms with E-state index in [2.05, 4.69) is 4.98 Å². The van der Waals surface area contributed by atoms with Crippen LogP contribution in [0.2, 0.25) is 0 Å². The van der Waals surface area contributed by atoms with Crippen LogP contribution in [0.1, 0.15) is 40.4 Å². The number of nitrogens with zero attached hydrogens (tertiary/aromatic N) is 1. The summed E-state index contributed by atoms with van der Waals surface area (Å²) in [6, 6.07) is 0. The summed E-state index contributed by atoms with van der Waals surface area (Å²) in [4.78, 5) is 15.5. The molecule has 1 heterocycles. The highest BCUT2D eigenvalue weighted by atomic mass is 32.1. The van der Waals surface area contributed by atoms with Crippen LogP contribution >= 0.6 is 11.3 Å². The van der Waals surface area contributed by atoms with Crippen molar-refractivity contribution in [1.29, 1.82) is 0 Å². The Morgan fingerprint density at radius 1 is 1.44 bits per heavy atom. The lowest BCUT2D eigenvalue weighted by atomic mass is 9.95. The van der Waals surface area contributed by atoms with Crippen molar-refractivity contribution in [2.75, 3.05) is 7.11 Å². The Morgan fingerprint density at radius 2 is 2.06 bits per heavy atom. The topological polar surface area (TPSA) is 39.2 Å². The molecule has 0 spiro atoms. The summed E-state index contributed by atoms with van der Waals surface area (Å²) in [5, 5.41) is -0.991. The number of Topliss-reactive ketones (excluding diaryl/α,β-unsaturated/α-hetero) is 1. The first-order valence-electron chi connectivity index (χ1n) is 5.52. The molecule has 0 bridgehead atoms. The van der Waals surface area contributed by atoms with Crippen molar-refractivity contribution < 1.29 is 22.7 Å². The SMILES string of the molecule is COC1(C(=O)c2cnc(C(F)(F)F)s2)CCCC1. The molecular formula is C11H12F3NO2S. The number of carbonyl (C=O) groups excluding carboxylic acids is 1. The van der Waals surface area contributed by atoms with Crippen LogP contribution < -0.4 is 0 Å². The van der Waals surface area contributed by atoms with Gasteiger partial charge in [-0.1, -0.05) is 0 Å². The third-order valence-electron chi connectivity index (χ3n) is 3.19. The average Bonchev–Trinajstić information content (AvgIpc) is 2.97. The standard InChI is InChI=1S/C11H12F3NO2S/c1-17-10(4-2-3-5-10)8(16)7-6-15-9(18-7)11(12,13)14/h6H,2-5H2,1H3. The van der Waals surface area contributed by atoms with E-state index < -0.39 is 16.8 Å². The van der Waals surface area contributed by atoms with Crippen molar-refractivity contribution in [3.05, 3.63) is 16.1 Å². The molecule has 1 aromatic heterocycles. The predicted octanol–water partition coefficient (Wildman–Crippen LogP) is 3.30. The number of ketones is 1. The first kappa shape index (κ1) is 13.5. The quantitative estimate of drug-likeness (QED) is 0.797. The summed E-state index contributed by atoms with van der Waals surface area (Å²) >= 11 is 0.383. The predicted molar refractivity (Wildman–Crippen MR) is 59.7 cm³/mol. The first-order chi connectivity index (χ1) is 8.39. The van der Waals surface area contributed by atoms with Gasteiger partial charge in [-0.05, 0) is 25.7 Å². The number of carbonyl (C=O) groups is 1. The van der Waals surface area contributed by atoms with Gasteiger partial charge in [-0.3, -0.25) is 4.79 Å². The molecule has 0 N–H and O–H groups in total. The molecule has 2 rings (SSSR count). The molecule has 100 valence electrons. The molecule has 0 aliphatic heterocycles. The average molecular weight is 279 g/mol. The second kappa shape index (κ2) is 4.62. The minimum Gasteiger partial charge on any atom is -0.370 e. The smallest absolute Gasteiger partial charge is 0.370 e. The maximum Gasteiger partial charge on any atom is 0.443 e. The molecule has 18 heavy (non-hydrogen) atoms. The molecule has 1 saturated carbocycles. The summed E-state index contributed by atoms with van der Waals surface area (Å²) in [5.74, 6) is -0.379. The van der Waals surface area contributed by atoms with Gasteiger partial charge in [0.1, 0.15) is 5.60 Å². The monoisotopic (exact) mass is 279 g/mol. The number of rotatable bonds is 3. The fraction of sp³-hybridized carbons (Fsp3) is 0.636. The molecule has 0 unspecified atom stereocenters. The van der Waals surface area contributed by atoms with Crippen LogP contribution in [0.25, 0.3) is 0 Å². The maximum absolute atomic E-state index is 12.4. The normalized spacial score (nSPS) is 19.1. The Kier molecular flexibility index (Phi) is 3.46. The minimum absolute atomic E-state index is 0.0195. The van der Waals surface area contributed by atoms with E-state index in [-0.39, 0.29) is 10.7 Å². The summed E-state index contributed by atoms with van der Waals surface area (Å²) < 4.78 is 42.5. The van der Waals surface area contributed by atoms with Gasteiger partial charge in [-0.15, -0.1) is 11.3 Å². The minimum atomic E-state index is -4.50. The molecule has 0 radical (unpaired) electrons. The highest BCUT2D eigenvalue weighted by Crippen LogP contribution is 2.38. The lowest BCUT2D eigenvalue weighted by molar-refractivity contribution is -0.137. The number of thiazole rings is 1. The summed E-state index contributed by atoms with van der Waals surface area (Å²) in [6.45, 7) is 0. The molecule has 1 fully saturated rings. The van der Waals surface area contributed by atoms with Crippen molar-refractivity contribution in [2.45, 2.75) is 37.5 Å². The number of alkyl halides is 3. The maximum atomic E-state index is 12.4. The van der Waals surface area contributed by atoms with Gasteiger partial charge in [0.2, 0.25) is 5.78 Å². The summed E-state index contributed by atoms with van der Waals surface area (Å²) in [7, 11) is 1.43. The third kappa shape index (κ3) is 2.29. The van der Waals surface area contributed by atoms with Crippen LogP contribution in [0, 0.1) is 0 Å². The van der Waals surface area contributed by atoms with Crippen LogP contribution in [0.4, 0.5) is 13.2 Å². The van der Waals surface area contributed by atoms with Gasteiger partial charge in [-0.25, -0.2) is 4.98 Å².